The van der Waals surface area contributed by atoms with E-state index in [1.165, 1.54) is 102 Å². The Bertz CT molecular complexity index is 781. The van der Waals surface area contributed by atoms with Crippen molar-refractivity contribution in [1.29, 1.82) is 0 Å². The SMILES string of the molecule is CCCCCCCCCCCCCCCCCS(C)(OS(C)(C)C)OS(CCC)(CCc1ccccc1)OS(C)(C)C. The number of rotatable bonds is 27. The van der Waals surface area contributed by atoms with Gasteiger partial charge in [-0.05, 0) is 62.4 Å². The standard InChI is InChI=1S/C35H72O3S4/c1-10-12-13-14-15-16-17-18-19-20-21-22-23-24-28-33-41(9,36-39(3,4)5)38-42(32-11-2,37-40(6,7)8)34-31-35-29-26-25-27-30-35/h25-27,29-30H,10-24,28,31-34H2,1-9H3. The Hall–Kier alpha value is 0.500. The summed E-state index contributed by atoms with van der Waals surface area (Å²) in [6, 6.07) is 10.8. The summed E-state index contributed by atoms with van der Waals surface area (Å²) in [6.07, 6.45) is 38.7. The minimum atomic E-state index is -1.74. The van der Waals surface area contributed by atoms with Gasteiger partial charge in [0.1, 0.15) is 0 Å². The fourth-order valence-corrected chi connectivity index (χ4v) is 18.2. The van der Waals surface area contributed by atoms with E-state index in [-0.39, 0.29) is 0 Å². The van der Waals surface area contributed by atoms with E-state index in [1.54, 1.807) is 0 Å². The highest BCUT2D eigenvalue weighted by Crippen LogP contribution is 2.72. The number of aryl methyl sites for hydroxylation is 1. The van der Waals surface area contributed by atoms with Crippen molar-refractivity contribution in [2.45, 2.75) is 123 Å². The minimum absolute atomic E-state index is 0.944. The number of unbranched alkanes of at least 4 members (excludes halogenated alkanes) is 14. The Morgan fingerprint density at radius 1 is 0.452 bits per heavy atom. The summed E-state index contributed by atoms with van der Waals surface area (Å²) in [7, 11) is -5.82. The third-order valence-corrected chi connectivity index (χ3v) is 17.6. The largest absolute Gasteiger partial charge is 0.235 e. The molecule has 0 saturated carbocycles. The topological polar surface area (TPSA) is 27.7 Å². The third kappa shape index (κ3) is 21.3. The van der Waals surface area contributed by atoms with Crippen LogP contribution in [0.1, 0.15) is 122 Å². The first-order valence-electron chi connectivity index (χ1n) is 16.9. The molecule has 1 rings (SSSR count). The molecule has 3 nitrogen and oxygen atoms in total. The maximum Gasteiger partial charge on any atom is 0.0450 e. The highest BCUT2D eigenvalue weighted by Gasteiger charge is 2.34. The van der Waals surface area contributed by atoms with E-state index in [1.807, 2.05) is 0 Å². The van der Waals surface area contributed by atoms with Crippen molar-refractivity contribution in [3.63, 3.8) is 0 Å². The second-order valence-corrected chi connectivity index (χ2v) is 26.7. The molecule has 0 heterocycles. The van der Waals surface area contributed by atoms with Crippen LogP contribution in [-0.2, 0) is 17.3 Å². The van der Waals surface area contributed by atoms with Gasteiger partial charge < -0.3 is 0 Å². The van der Waals surface area contributed by atoms with Gasteiger partial charge in [-0.25, -0.2) is 7.26 Å². The van der Waals surface area contributed by atoms with Crippen molar-refractivity contribution in [2.75, 3.05) is 61.0 Å². The van der Waals surface area contributed by atoms with Gasteiger partial charge in [0.15, 0.2) is 0 Å². The first-order chi connectivity index (χ1) is 19.8. The summed E-state index contributed by atoms with van der Waals surface area (Å²) in [5.41, 5.74) is 1.36. The summed E-state index contributed by atoms with van der Waals surface area (Å²) in [6.45, 7) is 4.57. The van der Waals surface area contributed by atoms with Crippen LogP contribution in [-0.4, -0.2) is 61.0 Å². The normalized spacial score (nSPS) is 17.7. The molecule has 7 heteroatoms. The van der Waals surface area contributed by atoms with Gasteiger partial charge >= 0.3 is 0 Å². The average molecular weight is 669 g/mol. The number of benzene rings is 1. The van der Waals surface area contributed by atoms with Crippen molar-refractivity contribution in [1.82, 2.24) is 0 Å². The second-order valence-electron chi connectivity index (χ2n) is 13.6. The van der Waals surface area contributed by atoms with E-state index in [0.717, 1.165) is 30.1 Å². The van der Waals surface area contributed by atoms with Crippen molar-refractivity contribution >= 4 is 41.8 Å². The third-order valence-electron chi connectivity index (χ3n) is 7.12. The Labute approximate surface area is 271 Å². The number of hydrogen-bond donors (Lipinski definition) is 0. The molecule has 254 valence electrons. The Kier molecular flexibility index (Phi) is 21.3. The molecule has 1 aromatic rings. The van der Waals surface area contributed by atoms with E-state index in [0.29, 0.717) is 0 Å². The van der Waals surface area contributed by atoms with E-state index < -0.39 is 41.8 Å². The van der Waals surface area contributed by atoms with Gasteiger partial charge in [-0.3, -0.25) is 0 Å². The molecular formula is C35H72O3S4. The molecule has 0 fully saturated rings. The van der Waals surface area contributed by atoms with E-state index >= 15 is 0 Å². The molecule has 2 unspecified atom stereocenters. The molecule has 1 aromatic carbocycles. The van der Waals surface area contributed by atoms with Crippen LogP contribution in [0.5, 0.6) is 0 Å². The zero-order valence-corrected chi connectivity index (χ0v) is 32.7. The van der Waals surface area contributed by atoms with Gasteiger partial charge in [-0.15, -0.1) is 20.6 Å². The maximum atomic E-state index is 7.32. The molecule has 42 heavy (non-hydrogen) atoms. The Morgan fingerprint density at radius 3 is 1.33 bits per heavy atom. The van der Waals surface area contributed by atoms with Crippen molar-refractivity contribution in [3.8, 4) is 0 Å². The maximum absolute atomic E-state index is 7.32. The fourth-order valence-electron chi connectivity index (χ4n) is 5.36. The quantitative estimate of drug-likeness (QED) is 0.0873. The smallest absolute Gasteiger partial charge is 0.0450 e. The lowest BCUT2D eigenvalue weighted by Gasteiger charge is -2.56. The van der Waals surface area contributed by atoms with Gasteiger partial charge in [-0.2, -0.15) is 24.8 Å². The molecule has 0 aliphatic heterocycles. The van der Waals surface area contributed by atoms with Gasteiger partial charge in [-0.1, -0.05) is 134 Å². The Morgan fingerprint density at radius 2 is 0.905 bits per heavy atom. The summed E-state index contributed by atoms with van der Waals surface area (Å²) in [5.74, 6) is 2.94. The van der Waals surface area contributed by atoms with Crippen LogP contribution < -0.4 is 0 Å². The first-order valence-corrected chi connectivity index (χ1v) is 26.3. The lowest BCUT2D eigenvalue weighted by Crippen LogP contribution is -2.23. The lowest BCUT2D eigenvalue weighted by atomic mass is 10.0. The molecule has 0 aliphatic rings. The van der Waals surface area contributed by atoms with Crippen LogP contribution in [0.25, 0.3) is 0 Å². The van der Waals surface area contributed by atoms with Gasteiger partial charge in [0.05, 0.1) is 0 Å². The summed E-state index contributed by atoms with van der Waals surface area (Å²) >= 11 is 0. The Balaban J connectivity index is 2.63. The van der Waals surface area contributed by atoms with Crippen LogP contribution >= 0.6 is 41.8 Å². The second kappa shape index (κ2) is 22.1. The van der Waals surface area contributed by atoms with Crippen molar-refractivity contribution in [3.05, 3.63) is 35.9 Å². The van der Waals surface area contributed by atoms with Gasteiger partial charge in [0.2, 0.25) is 0 Å². The average Bonchev–Trinajstić information content (AvgIpc) is 2.88. The van der Waals surface area contributed by atoms with Gasteiger partial charge in [0.25, 0.3) is 0 Å². The van der Waals surface area contributed by atoms with Crippen LogP contribution in [0.15, 0.2) is 30.3 Å². The molecule has 0 amide bonds. The predicted octanol–water partition coefficient (Wildman–Crippen LogP) is 12.7. The lowest BCUT2D eigenvalue weighted by molar-refractivity contribution is 0.504. The van der Waals surface area contributed by atoms with E-state index in [4.69, 9.17) is 10.9 Å². The zero-order chi connectivity index (χ0) is 31.4. The molecule has 0 radical (unpaired) electrons. The molecule has 0 aromatic heterocycles. The zero-order valence-electron chi connectivity index (χ0n) is 29.4. The minimum Gasteiger partial charge on any atom is -0.235 e. The van der Waals surface area contributed by atoms with E-state index in [9.17, 15) is 0 Å². The summed E-state index contributed by atoms with van der Waals surface area (Å²) in [4.78, 5) is 0. The highest BCUT2D eigenvalue weighted by atomic mass is 32.4. The molecule has 0 N–H and O–H groups in total. The van der Waals surface area contributed by atoms with Crippen LogP contribution in [0.4, 0.5) is 0 Å². The van der Waals surface area contributed by atoms with Crippen LogP contribution in [0, 0.1) is 0 Å². The summed E-state index contributed by atoms with van der Waals surface area (Å²) in [5, 5.41) is 0. The molecular weight excluding hydrogens is 597 g/mol. The molecule has 2 atom stereocenters. The van der Waals surface area contributed by atoms with Crippen LogP contribution in [0.2, 0.25) is 0 Å². The van der Waals surface area contributed by atoms with Crippen molar-refractivity contribution < 1.29 is 10.9 Å². The van der Waals surface area contributed by atoms with E-state index in [2.05, 4.69) is 88.0 Å². The van der Waals surface area contributed by atoms with Gasteiger partial charge in [0, 0.05) is 23.5 Å². The highest BCUT2D eigenvalue weighted by molar-refractivity contribution is 8.46. The molecule has 0 aliphatic carbocycles. The molecule has 0 bridgehead atoms. The van der Waals surface area contributed by atoms with Crippen LogP contribution in [0.3, 0.4) is 0 Å². The predicted molar refractivity (Wildman–Crippen MR) is 205 cm³/mol. The number of hydrogen-bond acceptors (Lipinski definition) is 3. The molecule has 0 spiro atoms. The summed E-state index contributed by atoms with van der Waals surface area (Å²) < 4.78 is 21.3. The monoisotopic (exact) mass is 668 g/mol. The first kappa shape index (κ1) is 40.5. The molecule has 0 saturated heterocycles. The fraction of sp³-hybridized carbons (Fsp3) is 0.829. The van der Waals surface area contributed by atoms with Crippen molar-refractivity contribution in [2.24, 2.45) is 0 Å².